The molecule has 1 aromatic rings. The predicted molar refractivity (Wildman–Crippen MR) is 73.4 cm³/mol. The number of aryl methyl sites for hydroxylation is 1. The number of nitrogens with one attached hydrogen (secondary N) is 1. The van der Waals surface area contributed by atoms with E-state index in [9.17, 15) is 39.9 Å². The molecule has 0 amide bonds. The molecule has 4 nitrogen and oxygen atoms in total. The minimum atomic E-state index is -6.02. The Morgan fingerprint density at radius 2 is 1.52 bits per heavy atom. The van der Waals surface area contributed by atoms with Crippen molar-refractivity contribution in [2.75, 3.05) is 11.0 Å². The quantitative estimate of drug-likeness (QED) is 0.723. The molecule has 0 fully saturated rings. The molecule has 0 aliphatic heterocycles. The fraction of sp³-hybridized carbons (Fsp3) is 0.455. The van der Waals surface area contributed by atoms with E-state index in [0.29, 0.717) is 12.1 Å². The maximum absolute atomic E-state index is 12.8. The number of benzene rings is 1. The summed E-state index contributed by atoms with van der Waals surface area (Å²) >= 11 is 2.70. The van der Waals surface area contributed by atoms with E-state index in [0.717, 1.165) is 13.2 Å². The van der Waals surface area contributed by atoms with Crippen molar-refractivity contribution >= 4 is 31.6 Å². The maximum atomic E-state index is 12.8. The van der Waals surface area contributed by atoms with Crippen LogP contribution < -0.4 is 4.72 Å². The maximum Gasteiger partial charge on any atom is 0.430 e. The summed E-state index contributed by atoms with van der Waals surface area (Å²) in [5.74, 6) is 0. The van der Waals surface area contributed by atoms with Gasteiger partial charge in [-0.25, -0.2) is 8.42 Å². The molecule has 1 rings (SSSR count). The number of hydrogen-bond acceptors (Lipinski definition) is 3. The molecule has 0 aliphatic carbocycles. The number of rotatable bonds is 3. The summed E-state index contributed by atoms with van der Waals surface area (Å²) in [5.41, 5.74) is -7.05. The first-order valence-corrected chi connectivity index (χ1v) is 8.33. The second-order valence-corrected chi connectivity index (χ2v) is 7.33. The number of sulfonamides is 1. The molecule has 0 unspecified atom stereocenters. The summed E-state index contributed by atoms with van der Waals surface area (Å²) in [6.45, 7) is 1.09. The summed E-state index contributed by atoms with van der Waals surface area (Å²) in [6.07, 6.45) is -11.3. The van der Waals surface area contributed by atoms with Crippen LogP contribution in [0.2, 0.25) is 0 Å². The molecule has 0 heterocycles. The van der Waals surface area contributed by atoms with Crippen molar-refractivity contribution in [3.05, 3.63) is 27.7 Å². The van der Waals surface area contributed by atoms with Crippen molar-refractivity contribution in [3.8, 4) is 0 Å². The van der Waals surface area contributed by atoms with E-state index < -0.39 is 33.5 Å². The Hall–Kier alpha value is -1.01. The fourth-order valence-electron chi connectivity index (χ4n) is 1.76. The van der Waals surface area contributed by atoms with Crippen LogP contribution in [0.25, 0.3) is 0 Å². The van der Waals surface area contributed by atoms with Crippen LogP contribution in [0, 0.1) is 6.92 Å². The molecule has 2 N–H and O–H groups in total. The summed E-state index contributed by atoms with van der Waals surface area (Å²) < 4.78 is 101. The highest BCUT2D eigenvalue weighted by Crippen LogP contribution is 2.51. The van der Waals surface area contributed by atoms with Crippen LogP contribution in [0.5, 0.6) is 0 Å². The molecule has 0 atom stereocenters. The number of hydrogen-bond donors (Lipinski definition) is 2. The van der Waals surface area contributed by atoms with Gasteiger partial charge in [0.25, 0.3) is 5.60 Å². The molecule has 0 spiro atoms. The van der Waals surface area contributed by atoms with Gasteiger partial charge in [-0.3, -0.25) is 4.72 Å². The van der Waals surface area contributed by atoms with Crippen LogP contribution >= 0.6 is 15.9 Å². The van der Waals surface area contributed by atoms with E-state index in [1.165, 1.54) is 0 Å². The third-order valence-corrected chi connectivity index (χ3v) is 4.01. The van der Waals surface area contributed by atoms with Crippen molar-refractivity contribution in [1.29, 1.82) is 0 Å². The van der Waals surface area contributed by atoms with Gasteiger partial charge in [0, 0.05) is 10.0 Å². The molecule has 0 aromatic heterocycles. The van der Waals surface area contributed by atoms with Gasteiger partial charge < -0.3 is 5.11 Å². The van der Waals surface area contributed by atoms with Crippen LogP contribution in [0.15, 0.2) is 16.6 Å². The molecule has 0 saturated heterocycles. The van der Waals surface area contributed by atoms with Crippen LogP contribution in [0.4, 0.5) is 32.0 Å². The van der Waals surface area contributed by atoms with Crippen LogP contribution in [0.1, 0.15) is 11.1 Å². The van der Waals surface area contributed by atoms with E-state index in [2.05, 4.69) is 15.9 Å². The second-order valence-electron chi connectivity index (χ2n) is 4.73. The number of aliphatic hydroxyl groups is 1. The summed E-state index contributed by atoms with van der Waals surface area (Å²) in [4.78, 5) is 0. The van der Waals surface area contributed by atoms with Crippen LogP contribution in [-0.2, 0) is 15.6 Å². The molecule has 0 saturated carbocycles. The standard InChI is InChI=1S/C11H10BrF6NO3S/c1-5-3-6(4-7(12)8(5)19-23(2,21)22)9(20,10(13,14)15)11(16,17)18/h3-4,19-20H,1-2H3. The Morgan fingerprint density at radius 1 is 1.09 bits per heavy atom. The highest BCUT2D eigenvalue weighted by atomic mass is 79.9. The monoisotopic (exact) mass is 429 g/mol. The van der Waals surface area contributed by atoms with Gasteiger partial charge >= 0.3 is 12.4 Å². The lowest BCUT2D eigenvalue weighted by atomic mass is 9.91. The van der Waals surface area contributed by atoms with Crippen molar-refractivity contribution in [3.63, 3.8) is 0 Å². The van der Waals surface area contributed by atoms with Crippen molar-refractivity contribution < 1.29 is 39.9 Å². The molecule has 12 heteroatoms. The van der Waals surface area contributed by atoms with Gasteiger partial charge in [-0.2, -0.15) is 26.3 Å². The highest BCUT2D eigenvalue weighted by molar-refractivity contribution is 9.10. The normalized spacial score (nSPS) is 14.0. The average Bonchev–Trinajstić information content (AvgIpc) is 2.28. The minimum absolute atomic E-state index is 0.233. The predicted octanol–water partition coefficient (Wildman–Crippen LogP) is 3.44. The largest absolute Gasteiger partial charge is 0.430 e. The SMILES string of the molecule is Cc1cc(C(O)(C(F)(F)F)C(F)(F)F)cc(Br)c1NS(C)(=O)=O. The second kappa shape index (κ2) is 5.81. The van der Waals surface area contributed by atoms with E-state index in [4.69, 9.17) is 0 Å². The van der Waals surface area contributed by atoms with Gasteiger partial charge in [0.1, 0.15) is 0 Å². The summed E-state index contributed by atoms with van der Waals surface area (Å²) in [5, 5.41) is 9.32. The van der Waals surface area contributed by atoms with Gasteiger partial charge in [0.15, 0.2) is 0 Å². The smallest absolute Gasteiger partial charge is 0.369 e. The van der Waals surface area contributed by atoms with Gasteiger partial charge in [0.05, 0.1) is 11.9 Å². The molecule has 0 aliphatic rings. The summed E-state index contributed by atoms with van der Waals surface area (Å²) in [7, 11) is -3.81. The van der Waals surface area contributed by atoms with E-state index in [1.807, 2.05) is 4.72 Å². The zero-order valence-corrected chi connectivity index (χ0v) is 13.9. The lowest BCUT2D eigenvalue weighted by molar-refractivity contribution is -0.376. The number of alkyl halides is 6. The molecule has 0 bridgehead atoms. The molecule has 132 valence electrons. The van der Waals surface area contributed by atoms with Crippen molar-refractivity contribution in [1.82, 2.24) is 0 Å². The Morgan fingerprint density at radius 3 is 1.83 bits per heavy atom. The molecular formula is C11H10BrF6NO3S. The highest BCUT2D eigenvalue weighted by Gasteiger charge is 2.71. The Labute approximate surface area is 135 Å². The molecule has 1 aromatic carbocycles. The van der Waals surface area contributed by atoms with Gasteiger partial charge in [-0.05, 0) is 34.5 Å². The minimum Gasteiger partial charge on any atom is -0.369 e. The fourth-order valence-corrected chi connectivity index (χ4v) is 3.19. The van der Waals surface area contributed by atoms with Gasteiger partial charge in [-0.15, -0.1) is 0 Å². The zero-order valence-electron chi connectivity index (χ0n) is 11.5. The topological polar surface area (TPSA) is 66.4 Å². The Balaban J connectivity index is 3.62. The van der Waals surface area contributed by atoms with Crippen molar-refractivity contribution in [2.45, 2.75) is 24.9 Å². The van der Waals surface area contributed by atoms with E-state index in [-0.39, 0.29) is 15.7 Å². The lowest BCUT2D eigenvalue weighted by Crippen LogP contribution is -2.54. The average molecular weight is 430 g/mol. The first-order valence-electron chi connectivity index (χ1n) is 5.65. The van der Waals surface area contributed by atoms with E-state index >= 15 is 0 Å². The van der Waals surface area contributed by atoms with Gasteiger partial charge in [0.2, 0.25) is 10.0 Å². The van der Waals surface area contributed by atoms with E-state index in [1.54, 1.807) is 0 Å². The summed E-state index contributed by atoms with van der Waals surface area (Å²) in [6, 6.07) is 0.779. The first-order chi connectivity index (χ1) is 10.0. The number of halogens is 7. The van der Waals surface area contributed by atoms with Gasteiger partial charge in [-0.1, -0.05) is 6.07 Å². The van der Waals surface area contributed by atoms with Crippen LogP contribution in [0.3, 0.4) is 0 Å². The number of anilines is 1. The Kier molecular flexibility index (Phi) is 5.06. The molecular weight excluding hydrogens is 420 g/mol. The lowest BCUT2D eigenvalue weighted by Gasteiger charge is -2.33. The first kappa shape index (κ1) is 20.0. The Bertz CT molecular complexity index is 676. The molecule has 23 heavy (non-hydrogen) atoms. The van der Waals surface area contributed by atoms with Crippen molar-refractivity contribution in [2.24, 2.45) is 0 Å². The molecule has 0 radical (unpaired) electrons. The third-order valence-electron chi connectivity index (χ3n) is 2.81. The van der Waals surface area contributed by atoms with Crippen LogP contribution in [-0.4, -0.2) is 32.1 Å². The third kappa shape index (κ3) is 3.91. The zero-order chi connectivity index (χ0) is 18.4.